The van der Waals surface area contributed by atoms with Gasteiger partial charge in [0.1, 0.15) is 6.10 Å². The Balaban J connectivity index is 0.000001000. The summed E-state index contributed by atoms with van der Waals surface area (Å²) < 4.78 is 5.16. The zero-order valence-corrected chi connectivity index (χ0v) is 7.01. The molecular weight excluding hydrogens is 170 g/mol. The summed E-state index contributed by atoms with van der Waals surface area (Å²) in [5.74, 6) is 0. The summed E-state index contributed by atoms with van der Waals surface area (Å²) in [6.45, 7) is 1.84. The molecule has 2 atom stereocenters. The van der Waals surface area contributed by atoms with Gasteiger partial charge >= 0.3 is 0 Å². The van der Waals surface area contributed by atoms with Gasteiger partial charge < -0.3 is 20.3 Å². The number of aliphatic hydroxyl groups excluding tert-OH is 2. The third-order valence-corrected chi connectivity index (χ3v) is 1.57. The van der Waals surface area contributed by atoms with Gasteiger partial charge in [-0.2, -0.15) is 0 Å². The number of halogens is 1. The molecule has 0 aliphatic carbocycles. The topological polar surface area (TPSA) is 61.7 Å². The van der Waals surface area contributed by atoms with Crippen molar-refractivity contribution in [3.8, 4) is 0 Å². The second kappa shape index (κ2) is 5.74. The number of hydrogen-bond acceptors (Lipinski definition) is 4. The van der Waals surface area contributed by atoms with Crippen LogP contribution in [0.15, 0.2) is 0 Å². The fourth-order valence-electron chi connectivity index (χ4n) is 0.950. The van der Waals surface area contributed by atoms with Crippen LogP contribution in [0.2, 0.25) is 0 Å². The Morgan fingerprint density at radius 3 is 2.82 bits per heavy atom. The van der Waals surface area contributed by atoms with E-state index in [0.29, 0.717) is 13.2 Å². The summed E-state index contributed by atoms with van der Waals surface area (Å²) >= 11 is 0. The number of nitrogens with one attached hydrogen (secondary N) is 1. The average Bonchev–Trinajstić information content (AvgIpc) is 2.05. The molecule has 1 aliphatic rings. The van der Waals surface area contributed by atoms with E-state index in [4.69, 9.17) is 14.9 Å². The van der Waals surface area contributed by atoms with Crippen LogP contribution in [-0.4, -0.2) is 48.7 Å². The molecule has 0 aromatic heterocycles. The lowest BCUT2D eigenvalue weighted by atomic mass is 10.2. The van der Waals surface area contributed by atoms with E-state index in [-0.39, 0.29) is 25.1 Å². The molecule has 0 amide bonds. The highest BCUT2D eigenvalue weighted by Gasteiger charge is 2.20. The average molecular weight is 184 g/mol. The lowest BCUT2D eigenvalue weighted by molar-refractivity contribution is -0.0698. The lowest BCUT2D eigenvalue weighted by Crippen LogP contribution is -2.46. The van der Waals surface area contributed by atoms with Crippen molar-refractivity contribution in [3.63, 3.8) is 0 Å². The van der Waals surface area contributed by atoms with Crippen LogP contribution < -0.4 is 5.32 Å². The molecule has 0 radical (unpaired) electrons. The summed E-state index contributed by atoms with van der Waals surface area (Å²) in [4.78, 5) is 0. The number of morpholine rings is 1. The number of rotatable bonds is 2. The zero-order valence-electron chi connectivity index (χ0n) is 6.19. The zero-order chi connectivity index (χ0) is 7.40. The van der Waals surface area contributed by atoms with Crippen molar-refractivity contribution in [2.75, 3.05) is 26.3 Å². The minimum Gasteiger partial charge on any atom is -0.394 e. The fraction of sp³-hybridized carbons (Fsp3) is 1.00. The molecule has 1 saturated heterocycles. The van der Waals surface area contributed by atoms with E-state index in [1.54, 1.807) is 0 Å². The number of aliphatic hydroxyl groups is 2. The quantitative estimate of drug-likeness (QED) is 0.501. The molecule has 68 valence electrons. The molecule has 0 aromatic rings. The van der Waals surface area contributed by atoms with Crippen molar-refractivity contribution < 1.29 is 14.9 Å². The molecule has 1 rings (SSSR count). The molecule has 0 unspecified atom stereocenters. The molecule has 5 heteroatoms. The Kier molecular flexibility index (Phi) is 5.81. The van der Waals surface area contributed by atoms with Crippen molar-refractivity contribution in [2.45, 2.75) is 12.2 Å². The van der Waals surface area contributed by atoms with Crippen molar-refractivity contribution in [1.82, 2.24) is 5.32 Å². The van der Waals surface area contributed by atoms with Crippen LogP contribution in [0.4, 0.5) is 0 Å². The van der Waals surface area contributed by atoms with Gasteiger partial charge in [-0.25, -0.2) is 0 Å². The highest BCUT2D eigenvalue weighted by molar-refractivity contribution is 5.85. The highest BCUT2D eigenvalue weighted by Crippen LogP contribution is 2.00. The van der Waals surface area contributed by atoms with E-state index < -0.39 is 6.10 Å². The minimum absolute atomic E-state index is 0. The Labute approximate surface area is 72.0 Å². The molecule has 1 fully saturated rings. The van der Waals surface area contributed by atoms with Crippen LogP contribution in [0.5, 0.6) is 0 Å². The van der Waals surface area contributed by atoms with E-state index in [2.05, 4.69) is 5.32 Å². The van der Waals surface area contributed by atoms with Crippen molar-refractivity contribution in [3.05, 3.63) is 0 Å². The molecule has 1 heterocycles. The van der Waals surface area contributed by atoms with Crippen molar-refractivity contribution in [2.24, 2.45) is 0 Å². The summed E-state index contributed by atoms with van der Waals surface area (Å²) in [5, 5.41) is 20.7. The summed E-state index contributed by atoms with van der Waals surface area (Å²) in [6.07, 6.45) is -0.980. The van der Waals surface area contributed by atoms with E-state index in [1.165, 1.54) is 0 Å². The van der Waals surface area contributed by atoms with Crippen LogP contribution >= 0.6 is 12.4 Å². The van der Waals surface area contributed by atoms with Gasteiger partial charge in [-0.05, 0) is 0 Å². The molecule has 0 spiro atoms. The van der Waals surface area contributed by atoms with Gasteiger partial charge in [0.05, 0.1) is 19.3 Å². The molecule has 0 bridgehead atoms. The molecule has 4 nitrogen and oxygen atoms in total. The minimum atomic E-state index is -0.743. The maximum absolute atomic E-state index is 9.07. The van der Waals surface area contributed by atoms with E-state index in [1.807, 2.05) is 0 Å². The maximum atomic E-state index is 9.07. The van der Waals surface area contributed by atoms with Gasteiger partial charge in [0.2, 0.25) is 0 Å². The third kappa shape index (κ3) is 3.35. The van der Waals surface area contributed by atoms with Gasteiger partial charge in [-0.1, -0.05) is 0 Å². The largest absolute Gasteiger partial charge is 0.394 e. The van der Waals surface area contributed by atoms with E-state index in [9.17, 15) is 0 Å². The second-order valence-electron chi connectivity index (χ2n) is 2.36. The molecule has 11 heavy (non-hydrogen) atoms. The Hall–Kier alpha value is 0.130. The first-order valence-corrected chi connectivity index (χ1v) is 3.46. The second-order valence-corrected chi connectivity index (χ2v) is 2.36. The Bertz CT molecular complexity index is 97.8. The fourth-order valence-corrected chi connectivity index (χ4v) is 0.950. The van der Waals surface area contributed by atoms with Gasteiger partial charge in [0, 0.05) is 13.1 Å². The molecule has 0 aromatic carbocycles. The first-order valence-electron chi connectivity index (χ1n) is 3.46. The monoisotopic (exact) mass is 183 g/mol. The van der Waals surface area contributed by atoms with Gasteiger partial charge in [-0.15, -0.1) is 12.4 Å². The van der Waals surface area contributed by atoms with Crippen molar-refractivity contribution in [1.29, 1.82) is 0 Å². The third-order valence-electron chi connectivity index (χ3n) is 1.57. The lowest BCUT2D eigenvalue weighted by Gasteiger charge is -2.26. The summed E-state index contributed by atoms with van der Waals surface area (Å²) in [6, 6.07) is 0. The first kappa shape index (κ1) is 11.1. The van der Waals surface area contributed by atoms with Crippen LogP contribution in [-0.2, 0) is 4.74 Å². The van der Waals surface area contributed by atoms with Crippen LogP contribution in [0.3, 0.4) is 0 Å². The smallest absolute Gasteiger partial charge is 0.104 e. The molecule has 1 aliphatic heterocycles. The highest BCUT2D eigenvalue weighted by atomic mass is 35.5. The van der Waals surface area contributed by atoms with E-state index >= 15 is 0 Å². The SMILES string of the molecule is Cl.OC[C@H](O)[C@@H]1CNCCO1. The Morgan fingerprint density at radius 1 is 1.64 bits per heavy atom. The maximum Gasteiger partial charge on any atom is 0.104 e. The summed E-state index contributed by atoms with van der Waals surface area (Å²) in [7, 11) is 0. The van der Waals surface area contributed by atoms with Crippen LogP contribution in [0.1, 0.15) is 0 Å². The van der Waals surface area contributed by atoms with Gasteiger partial charge in [-0.3, -0.25) is 0 Å². The predicted octanol–water partition coefficient (Wildman–Crippen LogP) is -1.25. The normalized spacial score (nSPS) is 27.3. The van der Waals surface area contributed by atoms with Crippen molar-refractivity contribution >= 4 is 12.4 Å². The predicted molar refractivity (Wildman–Crippen MR) is 43.0 cm³/mol. The number of ether oxygens (including phenoxy) is 1. The standard InChI is InChI=1S/C6H13NO3.ClH/c8-4-5(9)6-3-7-1-2-10-6;/h5-9H,1-4H2;1H/t5-,6-;/m0./s1. The first-order chi connectivity index (χ1) is 4.84. The molecular formula is C6H14ClNO3. The molecule has 3 N–H and O–H groups in total. The van der Waals surface area contributed by atoms with Crippen LogP contribution in [0.25, 0.3) is 0 Å². The number of hydrogen-bond donors (Lipinski definition) is 3. The van der Waals surface area contributed by atoms with Gasteiger partial charge in [0.15, 0.2) is 0 Å². The molecule has 0 saturated carbocycles. The van der Waals surface area contributed by atoms with E-state index in [0.717, 1.165) is 6.54 Å². The Morgan fingerprint density at radius 2 is 2.36 bits per heavy atom. The summed E-state index contributed by atoms with van der Waals surface area (Å²) in [5.41, 5.74) is 0. The van der Waals surface area contributed by atoms with Gasteiger partial charge in [0.25, 0.3) is 0 Å². The van der Waals surface area contributed by atoms with Crippen LogP contribution in [0, 0.1) is 0 Å².